The molecule has 0 unspecified atom stereocenters. The summed E-state index contributed by atoms with van der Waals surface area (Å²) >= 11 is 0. The molecule has 0 aliphatic heterocycles. The van der Waals surface area contributed by atoms with Crippen LogP contribution in [-0.2, 0) is 9.53 Å². The van der Waals surface area contributed by atoms with E-state index in [0.29, 0.717) is 4.90 Å². The maximum Gasteiger partial charge on any atom is 0.415 e. The van der Waals surface area contributed by atoms with Crippen molar-refractivity contribution in [3.63, 3.8) is 0 Å². The lowest BCUT2D eigenvalue weighted by atomic mass is 10.3. The third-order valence-electron chi connectivity index (χ3n) is 2.39. The fraction of sp³-hybridized carbons (Fsp3) is 0.385. The number of ether oxygens (including phenoxy) is 2. The van der Waals surface area contributed by atoms with Crippen molar-refractivity contribution in [1.82, 2.24) is 4.90 Å². The average Bonchev–Trinajstić information content (AvgIpc) is 2.42. The van der Waals surface area contributed by atoms with Crippen molar-refractivity contribution in [2.75, 3.05) is 20.2 Å². The number of alkyl halides is 3. The molecule has 0 heterocycles. The van der Waals surface area contributed by atoms with Crippen LogP contribution in [0.25, 0.3) is 0 Å². The number of methoxy groups -OCH3 is 1. The standard InChI is InChI=1S/C13H14F3NO4/c1-20-11(18)7-8-17(9-13(14,15)16)12(19)21-10-5-3-2-4-6-10/h2-6H,7-9H2,1H3. The number of hydrogen-bond donors (Lipinski definition) is 0. The van der Waals surface area contributed by atoms with Crippen molar-refractivity contribution >= 4 is 12.1 Å². The van der Waals surface area contributed by atoms with Crippen LogP contribution < -0.4 is 4.74 Å². The Morgan fingerprint density at radius 3 is 2.33 bits per heavy atom. The minimum Gasteiger partial charge on any atom is -0.469 e. The second kappa shape index (κ2) is 7.51. The monoisotopic (exact) mass is 305 g/mol. The van der Waals surface area contributed by atoms with Gasteiger partial charge in [-0.15, -0.1) is 0 Å². The maximum atomic E-state index is 12.4. The molecule has 1 rings (SSSR count). The van der Waals surface area contributed by atoms with Crippen molar-refractivity contribution in [2.24, 2.45) is 0 Å². The van der Waals surface area contributed by atoms with Crippen LogP contribution in [0.5, 0.6) is 5.75 Å². The molecule has 0 aliphatic carbocycles. The Kier molecular flexibility index (Phi) is 6.01. The summed E-state index contributed by atoms with van der Waals surface area (Å²) in [7, 11) is 1.11. The SMILES string of the molecule is COC(=O)CCN(CC(F)(F)F)C(=O)Oc1ccccc1. The predicted octanol–water partition coefficient (Wildman–Crippen LogP) is 2.61. The number of esters is 1. The number of hydrogen-bond acceptors (Lipinski definition) is 4. The summed E-state index contributed by atoms with van der Waals surface area (Å²) in [5, 5.41) is 0. The van der Waals surface area contributed by atoms with Gasteiger partial charge in [-0.3, -0.25) is 9.69 Å². The van der Waals surface area contributed by atoms with Crippen molar-refractivity contribution < 1.29 is 32.2 Å². The van der Waals surface area contributed by atoms with Gasteiger partial charge in [-0.25, -0.2) is 4.79 Å². The van der Waals surface area contributed by atoms with Crippen LogP contribution in [-0.4, -0.2) is 43.3 Å². The summed E-state index contributed by atoms with van der Waals surface area (Å²) in [5.41, 5.74) is 0. The molecule has 8 heteroatoms. The topological polar surface area (TPSA) is 55.8 Å². The predicted molar refractivity (Wildman–Crippen MR) is 66.7 cm³/mol. The number of amides is 1. The highest BCUT2D eigenvalue weighted by Gasteiger charge is 2.34. The molecular formula is C13H14F3NO4. The van der Waals surface area contributed by atoms with Gasteiger partial charge < -0.3 is 9.47 Å². The van der Waals surface area contributed by atoms with Crippen molar-refractivity contribution in [3.05, 3.63) is 30.3 Å². The Morgan fingerprint density at radius 1 is 1.19 bits per heavy atom. The summed E-state index contributed by atoms with van der Waals surface area (Å²) < 4.78 is 46.5. The van der Waals surface area contributed by atoms with Crippen molar-refractivity contribution in [3.8, 4) is 5.75 Å². The minimum absolute atomic E-state index is 0.118. The van der Waals surface area contributed by atoms with Gasteiger partial charge in [0.15, 0.2) is 0 Å². The molecule has 0 fully saturated rings. The molecule has 1 amide bonds. The van der Waals surface area contributed by atoms with E-state index in [1.807, 2.05) is 0 Å². The molecule has 0 radical (unpaired) electrons. The highest BCUT2D eigenvalue weighted by Crippen LogP contribution is 2.18. The molecule has 0 aliphatic rings. The molecule has 0 aromatic heterocycles. The number of benzene rings is 1. The summed E-state index contributed by atoms with van der Waals surface area (Å²) in [6, 6.07) is 7.69. The van der Waals surface area contributed by atoms with E-state index < -0.39 is 31.3 Å². The molecule has 116 valence electrons. The van der Waals surface area contributed by atoms with Gasteiger partial charge in [0.2, 0.25) is 0 Å². The van der Waals surface area contributed by atoms with Gasteiger partial charge >= 0.3 is 18.2 Å². The molecule has 1 aromatic carbocycles. The lowest BCUT2D eigenvalue weighted by Crippen LogP contribution is -2.41. The molecule has 1 aromatic rings. The van der Waals surface area contributed by atoms with Crippen LogP contribution in [0.3, 0.4) is 0 Å². The first-order valence-electron chi connectivity index (χ1n) is 5.97. The number of rotatable bonds is 5. The molecule has 0 bridgehead atoms. The second-order valence-electron chi connectivity index (χ2n) is 4.04. The van der Waals surface area contributed by atoms with Gasteiger partial charge in [0.1, 0.15) is 12.3 Å². The minimum atomic E-state index is -4.59. The van der Waals surface area contributed by atoms with Crippen LogP contribution >= 0.6 is 0 Å². The number of para-hydroxylation sites is 1. The summed E-state index contributed by atoms with van der Waals surface area (Å²) in [5.74, 6) is -0.595. The zero-order valence-electron chi connectivity index (χ0n) is 11.2. The van der Waals surface area contributed by atoms with Gasteiger partial charge in [0, 0.05) is 6.54 Å². The summed E-state index contributed by atoms with van der Waals surface area (Å²) in [6.07, 6.45) is -6.12. The Labute approximate surface area is 119 Å². The Balaban J connectivity index is 2.70. The zero-order valence-corrected chi connectivity index (χ0v) is 11.2. The molecule has 21 heavy (non-hydrogen) atoms. The van der Waals surface area contributed by atoms with E-state index in [9.17, 15) is 22.8 Å². The summed E-state index contributed by atoms with van der Waals surface area (Å²) in [4.78, 5) is 23.1. The van der Waals surface area contributed by atoms with Gasteiger partial charge in [-0.05, 0) is 12.1 Å². The van der Waals surface area contributed by atoms with E-state index in [4.69, 9.17) is 4.74 Å². The summed E-state index contributed by atoms with van der Waals surface area (Å²) in [6.45, 7) is -1.95. The van der Waals surface area contributed by atoms with Crippen molar-refractivity contribution in [1.29, 1.82) is 0 Å². The zero-order chi connectivity index (χ0) is 15.9. The molecule has 0 N–H and O–H groups in total. The fourth-order valence-electron chi connectivity index (χ4n) is 1.43. The first-order valence-corrected chi connectivity index (χ1v) is 5.97. The van der Waals surface area contributed by atoms with Crippen LogP contribution in [0.15, 0.2) is 30.3 Å². The molecule has 0 spiro atoms. The van der Waals surface area contributed by atoms with Gasteiger partial charge in [0.05, 0.1) is 13.5 Å². The van der Waals surface area contributed by atoms with Crippen LogP contribution in [0.2, 0.25) is 0 Å². The first kappa shape index (κ1) is 16.8. The molecule has 0 saturated heterocycles. The first-order chi connectivity index (χ1) is 9.81. The van der Waals surface area contributed by atoms with Gasteiger partial charge in [0.25, 0.3) is 0 Å². The lowest BCUT2D eigenvalue weighted by molar-refractivity contribution is -0.147. The Hall–Kier alpha value is -2.25. The number of carbonyl (C=O) groups is 2. The van der Waals surface area contributed by atoms with E-state index in [1.54, 1.807) is 18.2 Å². The normalized spacial score (nSPS) is 10.9. The molecular weight excluding hydrogens is 291 g/mol. The van der Waals surface area contributed by atoms with E-state index in [1.165, 1.54) is 12.1 Å². The van der Waals surface area contributed by atoms with Gasteiger partial charge in [-0.2, -0.15) is 13.2 Å². The molecule has 0 saturated carbocycles. The smallest absolute Gasteiger partial charge is 0.415 e. The number of carbonyl (C=O) groups excluding carboxylic acids is 2. The van der Waals surface area contributed by atoms with Gasteiger partial charge in [-0.1, -0.05) is 18.2 Å². The highest BCUT2D eigenvalue weighted by molar-refractivity contribution is 5.73. The van der Waals surface area contributed by atoms with E-state index >= 15 is 0 Å². The van der Waals surface area contributed by atoms with Crippen LogP contribution in [0.4, 0.5) is 18.0 Å². The largest absolute Gasteiger partial charge is 0.469 e. The van der Waals surface area contributed by atoms with Crippen LogP contribution in [0.1, 0.15) is 6.42 Å². The Bertz CT molecular complexity index is 476. The highest BCUT2D eigenvalue weighted by atomic mass is 19.4. The van der Waals surface area contributed by atoms with Crippen molar-refractivity contribution in [2.45, 2.75) is 12.6 Å². The Morgan fingerprint density at radius 2 is 1.81 bits per heavy atom. The molecule has 5 nitrogen and oxygen atoms in total. The van der Waals surface area contributed by atoms with E-state index in [0.717, 1.165) is 7.11 Å². The van der Waals surface area contributed by atoms with E-state index in [2.05, 4.69) is 4.74 Å². The number of halogens is 3. The lowest BCUT2D eigenvalue weighted by Gasteiger charge is -2.22. The third kappa shape index (κ3) is 6.64. The second-order valence-corrected chi connectivity index (χ2v) is 4.04. The average molecular weight is 305 g/mol. The maximum absolute atomic E-state index is 12.4. The van der Waals surface area contributed by atoms with E-state index in [-0.39, 0.29) is 12.2 Å². The molecule has 0 atom stereocenters. The third-order valence-corrected chi connectivity index (χ3v) is 2.39. The number of nitrogens with zero attached hydrogens (tertiary/aromatic N) is 1. The fourth-order valence-corrected chi connectivity index (χ4v) is 1.43. The van der Waals surface area contributed by atoms with Crippen LogP contribution in [0, 0.1) is 0 Å². The quantitative estimate of drug-likeness (QED) is 0.785.